The topological polar surface area (TPSA) is 22.8 Å². The van der Waals surface area contributed by atoms with E-state index in [2.05, 4.69) is 149 Å². The van der Waals surface area contributed by atoms with Crippen molar-refractivity contribution >= 4 is 64.3 Å². The van der Waals surface area contributed by atoms with Gasteiger partial charge in [-0.1, -0.05) is 72.8 Å². The van der Waals surface area contributed by atoms with E-state index in [-0.39, 0.29) is 0 Å². The highest BCUT2D eigenvalue weighted by Crippen LogP contribution is 2.43. The van der Waals surface area contributed by atoms with Crippen LogP contribution < -0.4 is 0 Å². The molecule has 0 aliphatic carbocycles. The molecule has 9 rings (SSSR count). The maximum absolute atomic E-state index is 5.08. The second-order valence-electron chi connectivity index (χ2n) is 10.4. The summed E-state index contributed by atoms with van der Waals surface area (Å²) in [5.74, 6) is 0.942. The van der Waals surface area contributed by atoms with E-state index >= 15 is 0 Å². The second kappa shape index (κ2) is 8.65. The predicted molar refractivity (Wildman–Crippen MR) is 174 cm³/mol. The number of hydrogen-bond donors (Lipinski definition) is 0. The van der Waals surface area contributed by atoms with E-state index in [4.69, 9.17) is 4.98 Å². The molecule has 0 N–H and O–H groups in total. The van der Waals surface area contributed by atoms with Gasteiger partial charge in [0.15, 0.2) is 0 Å². The van der Waals surface area contributed by atoms with Gasteiger partial charge in [0.2, 0.25) is 0 Å². The summed E-state index contributed by atoms with van der Waals surface area (Å²) in [6.45, 7) is 0. The molecule has 6 aromatic carbocycles. The lowest BCUT2D eigenvalue weighted by Gasteiger charge is -2.12. The Labute approximate surface area is 240 Å². The SMILES string of the molecule is c1ccc(-n2c(-c3ccc(-n4c5ccccc5c5ccc6sc7ccccc7c6c54)cc3)nc3ccccc32)cc1. The lowest BCUT2D eigenvalue weighted by molar-refractivity contribution is 1.10. The minimum Gasteiger partial charge on any atom is -0.309 e. The lowest BCUT2D eigenvalue weighted by atomic mass is 10.1. The smallest absolute Gasteiger partial charge is 0.145 e. The fourth-order valence-corrected chi connectivity index (χ4v) is 7.46. The molecule has 4 heteroatoms. The number of imidazole rings is 1. The zero-order valence-electron chi connectivity index (χ0n) is 22.0. The zero-order valence-corrected chi connectivity index (χ0v) is 22.8. The van der Waals surface area contributed by atoms with E-state index in [1.807, 2.05) is 11.3 Å². The van der Waals surface area contributed by atoms with Crippen molar-refractivity contribution in [2.24, 2.45) is 0 Å². The standard InChI is InChI=1S/C37H23N3S/c1-2-10-25(11-3-1)40-32-16-8-6-14-30(32)38-37(40)24-18-20-26(21-19-24)39-31-15-7-4-12-27(31)28-22-23-34-35(36(28)39)29-13-5-9-17-33(29)41-34/h1-23H. The van der Waals surface area contributed by atoms with Crippen LogP contribution in [-0.2, 0) is 0 Å². The minimum atomic E-state index is 0.942. The third-order valence-electron chi connectivity index (χ3n) is 8.13. The highest BCUT2D eigenvalue weighted by molar-refractivity contribution is 7.26. The van der Waals surface area contributed by atoms with E-state index in [9.17, 15) is 0 Å². The maximum atomic E-state index is 5.08. The molecule has 0 spiro atoms. The van der Waals surface area contributed by atoms with Crippen LogP contribution in [0.2, 0.25) is 0 Å². The fraction of sp³-hybridized carbons (Fsp3) is 0. The van der Waals surface area contributed by atoms with Crippen LogP contribution in [0.1, 0.15) is 0 Å². The molecule has 192 valence electrons. The fourth-order valence-electron chi connectivity index (χ4n) is 6.35. The summed E-state index contributed by atoms with van der Waals surface area (Å²) >= 11 is 1.87. The van der Waals surface area contributed by atoms with E-state index in [0.717, 1.165) is 33.8 Å². The highest BCUT2D eigenvalue weighted by Gasteiger charge is 2.19. The van der Waals surface area contributed by atoms with Crippen LogP contribution in [0.4, 0.5) is 0 Å². The van der Waals surface area contributed by atoms with Crippen molar-refractivity contribution in [3.63, 3.8) is 0 Å². The Morgan fingerprint density at radius 2 is 1.15 bits per heavy atom. The third-order valence-corrected chi connectivity index (χ3v) is 9.27. The molecule has 3 nitrogen and oxygen atoms in total. The first-order valence-electron chi connectivity index (χ1n) is 13.8. The van der Waals surface area contributed by atoms with Gasteiger partial charge < -0.3 is 4.57 Å². The van der Waals surface area contributed by atoms with Crippen LogP contribution in [0, 0.1) is 0 Å². The molecule has 0 amide bonds. The number of hydrogen-bond acceptors (Lipinski definition) is 2. The molecule has 9 aromatic rings. The largest absolute Gasteiger partial charge is 0.309 e. The van der Waals surface area contributed by atoms with Crippen molar-refractivity contribution < 1.29 is 0 Å². The summed E-state index contributed by atoms with van der Waals surface area (Å²) in [6.07, 6.45) is 0. The van der Waals surface area contributed by atoms with E-state index < -0.39 is 0 Å². The van der Waals surface area contributed by atoms with Crippen molar-refractivity contribution in [2.75, 3.05) is 0 Å². The number of para-hydroxylation sites is 4. The first-order valence-corrected chi connectivity index (χ1v) is 14.6. The van der Waals surface area contributed by atoms with Gasteiger partial charge in [0.25, 0.3) is 0 Å². The molecule has 0 bridgehead atoms. The van der Waals surface area contributed by atoms with Gasteiger partial charge in [-0.2, -0.15) is 0 Å². The van der Waals surface area contributed by atoms with Crippen LogP contribution in [-0.4, -0.2) is 14.1 Å². The van der Waals surface area contributed by atoms with Gasteiger partial charge >= 0.3 is 0 Å². The number of fused-ring (bicyclic) bond motifs is 8. The molecule has 3 heterocycles. The Hall–Kier alpha value is -5.19. The van der Waals surface area contributed by atoms with Crippen molar-refractivity contribution in [3.8, 4) is 22.8 Å². The maximum Gasteiger partial charge on any atom is 0.145 e. The molecule has 41 heavy (non-hydrogen) atoms. The molecular weight excluding hydrogens is 518 g/mol. The summed E-state index contributed by atoms with van der Waals surface area (Å²) in [6, 6.07) is 49.8. The average molecular weight is 542 g/mol. The van der Waals surface area contributed by atoms with Crippen LogP contribution >= 0.6 is 11.3 Å². The summed E-state index contributed by atoms with van der Waals surface area (Å²) in [7, 11) is 0. The highest BCUT2D eigenvalue weighted by atomic mass is 32.1. The summed E-state index contributed by atoms with van der Waals surface area (Å²) in [4.78, 5) is 5.08. The molecule has 0 aliphatic heterocycles. The monoisotopic (exact) mass is 541 g/mol. The third kappa shape index (κ3) is 3.28. The van der Waals surface area contributed by atoms with Crippen LogP contribution in [0.25, 0.3) is 75.8 Å². The number of aromatic nitrogens is 3. The van der Waals surface area contributed by atoms with Gasteiger partial charge in [-0.3, -0.25) is 4.57 Å². The minimum absolute atomic E-state index is 0.942. The number of nitrogens with zero attached hydrogens (tertiary/aromatic N) is 3. The molecule has 0 atom stereocenters. The van der Waals surface area contributed by atoms with Gasteiger partial charge in [-0.05, 0) is 66.7 Å². The summed E-state index contributed by atoms with van der Waals surface area (Å²) in [5, 5.41) is 5.20. The molecule has 0 saturated heterocycles. The molecule has 0 radical (unpaired) electrons. The first kappa shape index (κ1) is 22.6. The Morgan fingerprint density at radius 1 is 0.463 bits per heavy atom. The quantitative estimate of drug-likeness (QED) is 0.218. The summed E-state index contributed by atoms with van der Waals surface area (Å²) < 4.78 is 7.33. The predicted octanol–water partition coefficient (Wildman–Crippen LogP) is 10.2. The molecule has 3 aromatic heterocycles. The first-order chi connectivity index (χ1) is 20.3. The van der Waals surface area contributed by atoms with Gasteiger partial charge in [-0.15, -0.1) is 11.3 Å². The number of thiophene rings is 1. The van der Waals surface area contributed by atoms with Gasteiger partial charge in [0, 0.05) is 47.9 Å². The zero-order chi connectivity index (χ0) is 26.9. The van der Waals surface area contributed by atoms with Crippen molar-refractivity contribution in [1.29, 1.82) is 0 Å². The van der Waals surface area contributed by atoms with E-state index in [0.29, 0.717) is 0 Å². The lowest BCUT2D eigenvalue weighted by Crippen LogP contribution is -1.98. The number of rotatable bonds is 3. The number of benzene rings is 6. The Balaban J connectivity index is 1.30. The second-order valence-corrected chi connectivity index (χ2v) is 11.5. The van der Waals surface area contributed by atoms with Crippen molar-refractivity contribution in [3.05, 3.63) is 140 Å². The molecule has 0 unspecified atom stereocenters. The van der Waals surface area contributed by atoms with Crippen LogP contribution in [0.3, 0.4) is 0 Å². The van der Waals surface area contributed by atoms with Gasteiger partial charge in [0.05, 0.1) is 22.1 Å². The van der Waals surface area contributed by atoms with Gasteiger partial charge in [0.1, 0.15) is 5.82 Å². The summed E-state index contributed by atoms with van der Waals surface area (Å²) in [5.41, 5.74) is 7.91. The Morgan fingerprint density at radius 3 is 2.00 bits per heavy atom. The average Bonchev–Trinajstić information content (AvgIpc) is 3.71. The molecule has 0 saturated carbocycles. The van der Waals surface area contributed by atoms with Gasteiger partial charge in [-0.25, -0.2) is 4.98 Å². The van der Waals surface area contributed by atoms with Crippen molar-refractivity contribution in [2.45, 2.75) is 0 Å². The Kier molecular flexibility index (Phi) is 4.77. The van der Waals surface area contributed by atoms with Crippen molar-refractivity contribution in [1.82, 2.24) is 14.1 Å². The van der Waals surface area contributed by atoms with Crippen LogP contribution in [0.15, 0.2) is 140 Å². The molecule has 0 fully saturated rings. The van der Waals surface area contributed by atoms with E-state index in [1.165, 1.54) is 42.0 Å². The normalized spacial score (nSPS) is 11.9. The van der Waals surface area contributed by atoms with Crippen LogP contribution in [0.5, 0.6) is 0 Å². The Bertz CT molecular complexity index is 2410. The molecule has 0 aliphatic rings. The van der Waals surface area contributed by atoms with E-state index in [1.54, 1.807) is 0 Å². The molecular formula is C37H23N3S.